The average molecular weight is 309 g/mol. The highest BCUT2D eigenvalue weighted by Gasteiger charge is 2.24. The van der Waals surface area contributed by atoms with E-state index in [-0.39, 0.29) is 5.28 Å². The van der Waals surface area contributed by atoms with E-state index in [0.717, 1.165) is 55.3 Å². The van der Waals surface area contributed by atoms with Gasteiger partial charge in [0.1, 0.15) is 11.3 Å². The van der Waals surface area contributed by atoms with E-state index in [9.17, 15) is 0 Å². The van der Waals surface area contributed by atoms with Gasteiger partial charge in [-0.1, -0.05) is 0 Å². The molecule has 1 atom stereocenters. The number of fused-ring (bicyclic) bond motifs is 1. The lowest BCUT2D eigenvalue weighted by Gasteiger charge is -2.27. The smallest absolute Gasteiger partial charge is 0.225 e. The molecule has 0 bridgehead atoms. The molecule has 0 saturated carbocycles. The summed E-state index contributed by atoms with van der Waals surface area (Å²) in [6.45, 7) is 4.97. The molecule has 21 heavy (non-hydrogen) atoms. The number of halogens is 1. The third-order valence-corrected chi connectivity index (χ3v) is 4.29. The van der Waals surface area contributed by atoms with Crippen molar-refractivity contribution in [1.82, 2.24) is 15.3 Å². The molecule has 112 valence electrons. The Morgan fingerprint density at radius 1 is 1.29 bits per heavy atom. The first-order chi connectivity index (χ1) is 10.3. The highest BCUT2D eigenvalue weighted by molar-refractivity contribution is 6.28. The van der Waals surface area contributed by atoms with Crippen molar-refractivity contribution in [1.29, 1.82) is 0 Å². The van der Waals surface area contributed by atoms with Crippen LogP contribution in [0.3, 0.4) is 0 Å². The predicted octanol–water partition coefficient (Wildman–Crippen LogP) is 1.79. The Kier molecular flexibility index (Phi) is 3.45. The van der Waals surface area contributed by atoms with Crippen molar-refractivity contribution >= 4 is 28.5 Å². The van der Waals surface area contributed by atoms with Crippen LogP contribution in [0.4, 0.5) is 5.82 Å². The normalized spacial score (nSPS) is 23.1. The van der Waals surface area contributed by atoms with Crippen molar-refractivity contribution in [3.8, 4) is 0 Å². The van der Waals surface area contributed by atoms with E-state index in [1.807, 2.05) is 6.07 Å². The molecule has 4 heterocycles. The fourth-order valence-corrected chi connectivity index (χ4v) is 3.16. The number of ether oxygens (including phenoxy) is 1. The zero-order valence-corrected chi connectivity index (χ0v) is 12.4. The van der Waals surface area contributed by atoms with E-state index >= 15 is 0 Å². The molecular formula is C14H17ClN4O2. The molecule has 2 fully saturated rings. The zero-order chi connectivity index (χ0) is 14.2. The molecule has 2 aromatic heterocycles. The van der Waals surface area contributed by atoms with Gasteiger partial charge in [0.15, 0.2) is 11.4 Å². The summed E-state index contributed by atoms with van der Waals surface area (Å²) >= 11 is 6.08. The third-order valence-electron chi connectivity index (χ3n) is 4.12. The van der Waals surface area contributed by atoms with Gasteiger partial charge in [-0.05, 0) is 24.6 Å². The minimum Gasteiger partial charge on any atom is -0.455 e. The van der Waals surface area contributed by atoms with Gasteiger partial charge in [0.25, 0.3) is 0 Å². The van der Waals surface area contributed by atoms with E-state index in [1.54, 1.807) is 0 Å². The fraction of sp³-hybridized carbons (Fsp3) is 0.571. The Morgan fingerprint density at radius 2 is 2.14 bits per heavy atom. The number of anilines is 1. The monoisotopic (exact) mass is 308 g/mol. The molecule has 2 aromatic rings. The molecule has 2 aliphatic heterocycles. The highest BCUT2D eigenvalue weighted by Crippen LogP contribution is 2.33. The van der Waals surface area contributed by atoms with Crippen molar-refractivity contribution < 1.29 is 9.15 Å². The maximum Gasteiger partial charge on any atom is 0.225 e. The molecule has 0 radical (unpaired) electrons. The highest BCUT2D eigenvalue weighted by atomic mass is 35.5. The molecule has 1 N–H and O–H groups in total. The van der Waals surface area contributed by atoms with Crippen LogP contribution in [-0.4, -0.2) is 49.4 Å². The van der Waals surface area contributed by atoms with Crippen LogP contribution in [-0.2, 0) is 4.74 Å². The molecule has 0 aromatic carbocycles. The molecular weight excluding hydrogens is 292 g/mol. The maximum atomic E-state index is 6.09. The summed E-state index contributed by atoms with van der Waals surface area (Å²) in [5.41, 5.74) is 1.53. The second kappa shape index (κ2) is 5.44. The van der Waals surface area contributed by atoms with Gasteiger partial charge in [0.2, 0.25) is 5.28 Å². The lowest BCUT2D eigenvalue weighted by Crippen LogP contribution is -2.36. The van der Waals surface area contributed by atoms with Gasteiger partial charge in [-0.2, -0.15) is 4.98 Å². The summed E-state index contributed by atoms with van der Waals surface area (Å²) in [7, 11) is 0. The van der Waals surface area contributed by atoms with Crippen LogP contribution in [0.15, 0.2) is 10.5 Å². The van der Waals surface area contributed by atoms with Crippen molar-refractivity contribution in [2.45, 2.75) is 12.3 Å². The van der Waals surface area contributed by atoms with Gasteiger partial charge >= 0.3 is 0 Å². The summed E-state index contributed by atoms with van der Waals surface area (Å²) in [5.74, 6) is 2.17. The van der Waals surface area contributed by atoms with Crippen molar-refractivity contribution in [3.63, 3.8) is 0 Å². The first-order valence-corrected chi connectivity index (χ1v) is 7.69. The van der Waals surface area contributed by atoms with Crippen LogP contribution in [0.5, 0.6) is 0 Å². The molecule has 4 rings (SSSR count). The Hall–Kier alpha value is -1.37. The number of hydrogen-bond acceptors (Lipinski definition) is 6. The van der Waals surface area contributed by atoms with Gasteiger partial charge in [0.05, 0.1) is 13.2 Å². The van der Waals surface area contributed by atoms with Crippen molar-refractivity contribution in [2.75, 3.05) is 44.3 Å². The van der Waals surface area contributed by atoms with Gasteiger partial charge in [0, 0.05) is 31.6 Å². The second-order valence-corrected chi connectivity index (χ2v) is 5.81. The van der Waals surface area contributed by atoms with Gasteiger partial charge in [-0.15, -0.1) is 0 Å². The summed E-state index contributed by atoms with van der Waals surface area (Å²) in [5, 5.41) is 3.62. The van der Waals surface area contributed by atoms with Crippen LogP contribution in [0.25, 0.3) is 11.1 Å². The zero-order valence-electron chi connectivity index (χ0n) is 11.6. The molecule has 7 heteroatoms. The number of rotatable bonds is 2. The maximum absolute atomic E-state index is 6.09. The first-order valence-electron chi connectivity index (χ1n) is 7.31. The molecule has 6 nitrogen and oxygen atoms in total. The second-order valence-electron chi connectivity index (χ2n) is 5.47. The van der Waals surface area contributed by atoms with Crippen molar-refractivity contribution in [3.05, 3.63) is 17.1 Å². The van der Waals surface area contributed by atoms with E-state index in [4.69, 9.17) is 20.8 Å². The average Bonchev–Trinajstić information content (AvgIpc) is 3.16. The summed E-state index contributed by atoms with van der Waals surface area (Å²) in [6.07, 6.45) is 1.09. The minimum atomic E-state index is 0.265. The standard InChI is InChI=1S/C14H17ClN4O2/c15-14-17-10-7-11(9-1-2-16-8-9)21-12(10)13(18-14)19-3-5-20-6-4-19/h7,9,16H,1-6,8H2. The predicted molar refractivity (Wildman–Crippen MR) is 80.1 cm³/mol. The SMILES string of the molecule is Clc1nc(N2CCOCC2)c2oc(C3CCNC3)cc2n1. The Labute approximate surface area is 127 Å². The van der Waals surface area contributed by atoms with E-state index < -0.39 is 0 Å². The molecule has 2 aliphatic rings. The largest absolute Gasteiger partial charge is 0.455 e. The minimum absolute atomic E-state index is 0.265. The molecule has 2 saturated heterocycles. The van der Waals surface area contributed by atoms with Gasteiger partial charge in [-0.3, -0.25) is 0 Å². The van der Waals surface area contributed by atoms with Crippen LogP contribution >= 0.6 is 11.6 Å². The van der Waals surface area contributed by atoms with E-state index in [0.29, 0.717) is 19.1 Å². The number of furan rings is 1. The van der Waals surface area contributed by atoms with Gasteiger partial charge in [-0.25, -0.2) is 4.98 Å². The van der Waals surface area contributed by atoms with Crippen LogP contribution in [0.2, 0.25) is 5.28 Å². The summed E-state index contributed by atoms with van der Waals surface area (Å²) < 4.78 is 11.5. The Bertz CT molecular complexity index is 648. The first kappa shape index (κ1) is 13.3. The third kappa shape index (κ3) is 2.47. The van der Waals surface area contributed by atoms with Crippen molar-refractivity contribution in [2.24, 2.45) is 0 Å². The number of hydrogen-bond donors (Lipinski definition) is 1. The van der Waals surface area contributed by atoms with E-state index in [2.05, 4.69) is 20.2 Å². The molecule has 0 spiro atoms. The topological polar surface area (TPSA) is 63.4 Å². The Morgan fingerprint density at radius 3 is 2.90 bits per heavy atom. The number of morpholine rings is 1. The van der Waals surface area contributed by atoms with Gasteiger partial charge < -0.3 is 19.4 Å². The van der Waals surface area contributed by atoms with Crippen LogP contribution in [0, 0.1) is 0 Å². The number of nitrogens with zero attached hydrogens (tertiary/aromatic N) is 3. The summed E-state index contributed by atoms with van der Waals surface area (Å²) in [4.78, 5) is 10.8. The molecule has 1 unspecified atom stereocenters. The number of nitrogens with one attached hydrogen (secondary N) is 1. The lowest BCUT2D eigenvalue weighted by molar-refractivity contribution is 0.122. The van der Waals surface area contributed by atoms with E-state index in [1.165, 1.54) is 0 Å². The molecule has 0 amide bonds. The quantitative estimate of drug-likeness (QED) is 0.853. The van der Waals surface area contributed by atoms with Crippen LogP contribution in [0.1, 0.15) is 18.1 Å². The molecule has 0 aliphatic carbocycles. The lowest BCUT2D eigenvalue weighted by atomic mass is 10.1. The summed E-state index contributed by atoms with van der Waals surface area (Å²) in [6, 6.07) is 2.00. The Balaban J connectivity index is 1.77. The van der Waals surface area contributed by atoms with Crippen LogP contribution < -0.4 is 10.2 Å². The fourth-order valence-electron chi connectivity index (χ4n) is 2.99. The number of aromatic nitrogens is 2.